The Balaban J connectivity index is 2.00. The molecule has 2 aromatic rings. The summed E-state index contributed by atoms with van der Waals surface area (Å²) in [7, 11) is 0. The Morgan fingerprint density at radius 3 is 2.89 bits per heavy atom. The van der Waals surface area contributed by atoms with Crippen molar-refractivity contribution in [1.29, 1.82) is 0 Å². The summed E-state index contributed by atoms with van der Waals surface area (Å²) in [4.78, 5) is 4.46. The van der Waals surface area contributed by atoms with Crippen molar-refractivity contribution in [2.45, 2.75) is 26.3 Å². The van der Waals surface area contributed by atoms with Crippen molar-refractivity contribution < 1.29 is 0 Å². The molecule has 18 heavy (non-hydrogen) atoms. The summed E-state index contributed by atoms with van der Waals surface area (Å²) < 4.78 is 4.36. The minimum absolute atomic E-state index is 0.119. The molecule has 0 saturated carbocycles. The molecule has 0 aliphatic carbocycles. The van der Waals surface area contributed by atoms with E-state index in [0.717, 1.165) is 23.9 Å². The second-order valence-electron chi connectivity index (χ2n) is 4.48. The van der Waals surface area contributed by atoms with Gasteiger partial charge in [0.15, 0.2) is 0 Å². The maximum atomic E-state index is 5.68. The van der Waals surface area contributed by atoms with Crippen LogP contribution >= 0.6 is 11.5 Å². The van der Waals surface area contributed by atoms with Gasteiger partial charge in [-0.25, -0.2) is 4.98 Å². The van der Waals surface area contributed by atoms with Gasteiger partial charge in [-0.2, -0.15) is 4.37 Å². The number of nitrogens with two attached hydrogens (primary N) is 1. The van der Waals surface area contributed by atoms with Crippen molar-refractivity contribution in [2.75, 3.05) is 11.9 Å². The third-order valence-corrected chi connectivity index (χ3v) is 3.36. The Kier molecular flexibility index (Phi) is 4.28. The number of benzene rings is 1. The molecular formula is C13H18N4S. The molecule has 1 atom stereocenters. The molecule has 96 valence electrons. The summed E-state index contributed by atoms with van der Waals surface area (Å²) in [5, 5.41) is 4.03. The topological polar surface area (TPSA) is 63.8 Å². The first-order chi connectivity index (χ1) is 8.65. The number of anilines is 1. The second-order valence-corrected chi connectivity index (χ2v) is 5.23. The number of hydrogen-bond acceptors (Lipinski definition) is 5. The summed E-state index contributed by atoms with van der Waals surface area (Å²) in [6.07, 6.45) is 0.781. The van der Waals surface area contributed by atoms with Gasteiger partial charge in [-0.1, -0.05) is 24.3 Å². The lowest BCUT2D eigenvalue weighted by molar-refractivity contribution is 0.779. The molecule has 1 aromatic carbocycles. The standard InChI is InChI=1S/C13H18N4S/c1-9-5-3-4-6-11(9)7-12-16-13(18-17-12)15-8-10(2)14/h3-6,10H,7-8,14H2,1-2H3,(H,15,16,17). The molecule has 0 radical (unpaired) electrons. The van der Waals surface area contributed by atoms with Crippen molar-refractivity contribution >= 4 is 16.7 Å². The Labute approximate surface area is 111 Å². The summed E-state index contributed by atoms with van der Waals surface area (Å²) in [5.74, 6) is 0.862. The molecule has 5 heteroatoms. The molecule has 1 aromatic heterocycles. The molecule has 1 unspecified atom stereocenters. The fourth-order valence-corrected chi connectivity index (χ4v) is 2.22. The van der Waals surface area contributed by atoms with Gasteiger partial charge in [-0.05, 0) is 25.0 Å². The van der Waals surface area contributed by atoms with E-state index in [9.17, 15) is 0 Å². The van der Waals surface area contributed by atoms with Crippen LogP contribution in [0.5, 0.6) is 0 Å². The fourth-order valence-electron chi connectivity index (χ4n) is 1.62. The van der Waals surface area contributed by atoms with Crippen LogP contribution in [-0.4, -0.2) is 21.9 Å². The zero-order valence-electron chi connectivity index (χ0n) is 10.7. The van der Waals surface area contributed by atoms with Gasteiger partial charge < -0.3 is 11.1 Å². The molecule has 3 N–H and O–H groups in total. The monoisotopic (exact) mass is 262 g/mol. The predicted octanol–water partition coefficient (Wildman–Crippen LogP) is 2.20. The van der Waals surface area contributed by atoms with Crippen LogP contribution in [0.25, 0.3) is 0 Å². The number of aryl methyl sites for hydroxylation is 1. The maximum absolute atomic E-state index is 5.68. The Morgan fingerprint density at radius 1 is 1.39 bits per heavy atom. The van der Waals surface area contributed by atoms with Gasteiger partial charge in [0.05, 0.1) is 0 Å². The van der Waals surface area contributed by atoms with Crippen LogP contribution in [0.2, 0.25) is 0 Å². The van der Waals surface area contributed by atoms with E-state index in [0.29, 0.717) is 0 Å². The highest BCUT2D eigenvalue weighted by Gasteiger charge is 2.06. The Hall–Kier alpha value is -1.46. The molecule has 0 fully saturated rings. The van der Waals surface area contributed by atoms with Crippen molar-refractivity contribution in [3.05, 3.63) is 41.2 Å². The van der Waals surface area contributed by atoms with Gasteiger partial charge >= 0.3 is 0 Å². The number of nitrogens with zero attached hydrogens (tertiary/aromatic N) is 2. The fraction of sp³-hybridized carbons (Fsp3) is 0.385. The predicted molar refractivity (Wildman–Crippen MR) is 76.0 cm³/mol. The van der Waals surface area contributed by atoms with Gasteiger partial charge in [-0.3, -0.25) is 0 Å². The lowest BCUT2D eigenvalue weighted by atomic mass is 10.1. The van der Waals surface area contributed by atoms with Gasteiger partial charge in [-0.15, -0.1) is 0 Å². The van der Waals surface area contributed by atoms with E-state index in [1.807, 2.05) is 19.1 Å². The number of nitrogens with one attached hydrogen (secondary N) is 1. The van der Waals surface area contributed by atoms with Gasteiger partial charge in [0.25, 0.3) is 0 Å². The summed E-state index contributed by atoms with van der Waals surface area (Å²) in [5.41, 5.74) is 8.23. The summed E-state index contributed by atoms with van der Waals surface area (Å²) >= 11 is 1.39. The zero-order chi connectivity index (χ0) is 13.0. The van der Waals surface area contributed by atoms with Crippen LogP contribution in [0.4, 0.5) is 5.13 Å². The normalized spacial score (nSPS) is 12.4. The Bertz CT molecular complexity index is 507. The molecule has 4 nitrogen and oxygen atoms in total. The summed E-state index contributed by atoms with van der Waals surface area (Å²) in [6.45, 7) is 4.79. The van der Waals surface area contributed by atoms with E-state index in [-0.39, 0.29) is 6.04 Å². The van der Waals surface area contributed by atoms with Crippen LogP contribution < -0.4 is 11.1 Å². The molecule has 0 amide bonds. The van der Waals surface area contributed by atoms with Crippen molar-refractivity contribution in [3.63, 3.8) is 0 Å². The quantitative estimate of drug-likeness (QED) is 0.867. The molecular weight excluding hydrogens is 244 g/mol. The molecule has 0 bridgehead atoms. The van der Waals surface area contributed by atoms with Crippen LogP contribution in [0, 0.1) is 6.92 Å². The van der Waals surface area contributed by atoms with Crippen LogP contribution in [0.15, 0.2) is 24.3 Å². The highest BCUT2D eigenvalue weighted by molar-refractivity contribution is 7.09. The van der Waals surface area contributed by atoms with Gasteiger partial charge in [0, 0.05) is 30.5 Å². The van der Waals surface area contributed by atoms with Crippen molar-refractivity contribution in [3.8, 4) is 0 Å². The largest absolute Gasteiger partial charge is 0.359 e. The van der Waals surface area contributed by atoms with Crippen LogP contribution in [0.3, 0.4) is 0 Å². The Morgan fingerprint density at radius 2 is 2.17 bits per heavy atom. The first-order valence-corrected chi connectivity index (χ1v) is 6.79. The van der Waals surface area contributed by atoms with Gasteiger partial charge in [0.1, 0.15) is 5.82 Å². The number of aromatic nitrogens is 2. The number of hydrogen-bond donors (Lipinski definition) is 2. The zero-order valence-corrected chi connectivity index (χ0v) is 11.5. The highest BCUT2D eigenvalue weighted by atomic mass is 32.1. The molecule has 0 saturated heterocycles. The van der Waals surface area contributed by atoms with E-state index in [4.69, 9.17) is 5.73 Å². The third-order valence-electron chi connectivity index (χ3n) is 2.65. The smallest absolute Gasteiger partial charge is 0.202 e. The third kappa shape index (κ3) is 3.51. The van der Waals surface area contributed by atoms with Gasteiger partial charge in [0.2, 0.25) is 5.13 Å². The molecule has 0 spiro atoms. The first kappa shape index (κ1) is 13.0. The minimum atomic E-state index is 0.119. The highest BCUT2D eigenvalue weighted by Crippen LogP contribution is 2.16. The average molecular weight is 262 g/mol. The van der Waals surface area contributed by atoms with E-state index in [1.54, 1.807) is 0 Å². The number of rotatable bonds is 5. The van der Waals surface area contributed by atoms with Crippen LogP contribution in [0.1, 0.15) is 23.9 Å². The minimum Gasteiger partial charge on any atom is -0.359 e. The van der Waals surface area contributed by atoms with Crippen molar-refractivity contribution in [1.82, 2.24) is 9.36 Å². The lowest BCUT2D eigenvalue weighted by Gasteiger charge is -2.04. The summed E-state index contributed by atoms with van der Waals surface area (Å²) in [6, 6.07) is 8.43. The maximum Gasteiger partial charge on any atom is 0.202 e. The SMILES string of the molecule is Cc1ccccc1Cc1nsc(NCC(C)N)n1. The second kappa shape index (κ2) is 5.93. The lowest BCUT2D eigenvalue weighted by Crippen LogP contribution is -2.25. The van der Waals surface area contributed by atoms with Crippen molar-refractivity contribution in [2.24, 2.45) is 5.73 Å². The molecule has 2 rings (SSSR count). The molecule has 0 aliphatic heterocycles. The first-order valence-electron chi connectivity index (χ1n) is 6.01. The van der Waals surface area contributed by atoms with E-state index in [2.05, 4.69) is 33.7 Å². The average Bonchev–Trinajstić information content (AvgIpc) is 2.77. The van der Waals surface area contributed by atoms with E-state index in [1.165, 1.54) is 22.7 Å². The van der Waals surface area contributed by atoms with E-state index < -0.39 is 0 Å². The van der Waals surface area contributed by atoms with E-state index >= 15 is 0 Å². The molecule has 1 heterocycles. The molecule has 0 aliphatic rings. The van der Waals surface area contributed by atoms with Crippen LogP contribution in [-0.2, 0) is 6.42 Å².